The van der Waals surface area contributed by atoms with E-state index in [-0.39, 0.29) is 0 Å². The van der Waals surface area contributed by atoms with Crippen LogP contribution in [0, 0.1) is 0 Å². The Morgan fingerprint density at radius 1 is 1.21 bits per heavy atom. The molecule has 1 aromatic rings. The molecule has 0 amide bonds. The van der Waals surface area contributed by atoms with Crippen molar-refractivity contribution in [3.63, 3.8) is 0 Å². The summed E-state index contributed by atoms with van der Waals surface area (Å²) in [6.45, 7) is 6.20. The predicted octanol–water partition coefficient (Wildman–Crippen LogP) is 3.79. The fourth-order valence-corrected chi connectivity index (χ4v) is 2.45. The molecule has 14 heavy (non-hydrogen) atoms. The molecule has 2 nitrogen and oxygen atoms in total. The van der Waals surface area contributed by atoms with Gasteiger partial charge in [-0.1, -0.05) is 23.2 Å². The van der Waals surface area contributed by atoms with Gasteiger partial charge in [0.15, 0.2) is 0 Å². The number of hydrogen-bond donors (Lipinski definition) is 1. The van der Waals surface area contributed by atoms with Gasteiger partial charge in [-0.2, -0.15) is 0 Å². The lowest BCUT2D eigenvalue weighted by molar-refractivity contribution is 0.560. The quantitative estimate of drug-likeness (QED) is 0.640. The number of nitrogen functional groups attached to an aromatic ring is 1. The molecule has 0 aliphatic carbocycles. The van der Waals surface area contributed by atoms with E-state index in [1.54, 1.807) is 12.1 Å². The van der Waals surface area contributed by atoms with Gasteiger partial charge in [-0.3, -0.25) is 0 Å². The third kappa shape index (κ3) is 3.08. The smallest absolute Gasteiger partial charge is 0.242 e. The summed E-state index contributed by atoms with van der Waals surface area (Å²) in [7, 11) is -1.69. The molecule has 0 bridgehead atoms. The van der Waals surface area contributed by atoms with Gasteiger partial charge in [-0.05, 0) is 31.8 Å². The Morgan fingerprint density at radius 2 is 1.79 bits per heavy atom. The molecule has 0 unspecified atom stereocenters. The van der Waals surface area contributed by atoms with Crippen LogP contribution >= 0.6 is 23.2 Å². The van der Waals surface area contributed by atoms with Crippen LogP contribution in [0.4, 0.5) is 5.69 Å². The van der Waals surface area contributed by atoms with E-state index in [1.165, 1.54) is 0 Å². The molecule has 0 saturated carbocycles. The lowest BCUT2D eigenvalue weighted by atomic mass is 10.3. The van der Waals surface area contributed by atoms with Gasteiger partial charge >= 0.3 is 0 Å². The topological polar surface area (TPSA) is 35.2 Å². The van der Waals surface area contributed by atoms with Crippen molar-refractivity contribution in [1.29, 1.82) is 0 Å². The number of hydrogen-bond acceptors (Lipinski definition) is 2. The highest BCUT2D eigenvalue weighted by atomic mass is 35.5. The molecule has 0 fully saturated rings. The summed E-state index contributed by atoms with van der Waals surface area (Å²) in [6, 6.07) is 3.28. The predicted molar refractivity (Wildman–Crippen MR) is 64.8 cm³/mol. The van der Waals surface area contributed by atoms with Gasteiger partial charge in [0.2, 0.25) is 8.32 Å². The minimum Gasteiger partial charge on any atom is -0.542 e. The maximum absolute atomic E-state index is 5.97. The van der Waals surface area contributed by atoms with E-state index in [0.29, 0.717) is 21.5 Å². The SMILES string of the molecule is C[Si](C)(C)Oc1c(N)cc(Cl)cc1Cl. The third-order valence-electron chi connectivity index (χ3n) is 1.45. The van der Waals surface area contributed by atoms with Crippen LogP contribution in [-0.4, -0.2) is 8.32 Å². The molecule has 78 valence electrons. The van der Waals surface area contributed by atoms with Crippen LogP contribution in [0.3, 0.4) is 0 Å². The fraction of sp³-hybridized carbons (Fsp3) is 0.333. The Balaban J connectivity index is 3.09. The van der Waals surface area contributed by atoms with Crippen molar-refractivity contribution in [3.05, 3.63) is 22.2 Å². The highest BCUT2D eigenvalue weighted by Gasteiger charge is 2.19. The molecule has 0 heterocycles. The first-order chi connectivity index (χ1) is 6.29. The van der Waals surface area contributed by atoms with Crippen molar-refractivity contribution in [3.8, 4) is 5.75 Å². The van der Waals surface area contributed by atoms with Crippen molar-refractivity contribution in [2.24, 2.45) is 0 Å². The summed E-state index contributed by atoms with van der Waals surface area (Å²) in [4.78, 5) is 0. The fourth-order valence-electron chi connectivity index (χ4n) is 0.994. The number of rotatable bonds is 2. The molecule has 2 N–H and O–H groups in total. The Labute approximate surface area is 95.1 Å². The van der Waals surface area contributed by atoms with Crippen molar-refractivity contribution in [2.75, 3.05) is 5.73 Å². The van der Waals surface area contributed by atoms with Crippen LogP contribution < -0.4 is 10.2 Å². The molecule has 1 aromatic carbocycles. The molecule has 1 rings (SSSR count). The molecule has 0 aliphatic heterocycles. The van der Waals surface area contributed by atoms with Crippen LogP contribution in [-0.2, 0) is 0 Å². The summed E-state index contributed by atoms with van der Waals surface area (Å²) < 4.78 is 5.74. The molecule has 0 radical (unpaired) electrons. The summed E-state index contributed by atoms with van der Waals surface area (Å²) in [5.74, 6) is 0.551. The third-order valence-corrected chi connectivity index (χ3v) is 2.76. The van der Waals surface area contributed by atoms with Crippen molar-refractivity contribution >= 4 is 37.2 Å². The molecule has 0 atom stereocenters. The first-order valence-corrected chi connectivity index (χ1v) is 8.39. The van der Waals surface area contributed by atoms with E-state index in [0.717, 1.165) is 0 Å². The minimum atomic E-state index is -1.69. The van der Waals surface area contributed by atoms with Gasteiger partial charge in [0.05, 0.1) is 10.7 Å². The zero-order chi connectivity index (χ0) is 10.9. The van der Waals surface area contributed by atoms with E-state index in [2.05, 4.69) is 19.6 Å². The van der Waals surface area contributed by atoms with Crippen LogP contribution in [0.2, 0.25) is 29.7 Å². The van der Waals surface area contributed by atoms with Crippen molar-refractivity contribution in [2.45, 2.75) is 19.6 Å². The Morgan fingerprint density at radius 3 is 2.21 bits per heavy atom. The standard InChI is InChI=1S/C9H13Cl2NOSi/c1-14(2,3)13-9-7(11)4-6(10)5-8(9)12/h4-5H,12H2,1-3H3. The zero-order valence-corrected chi connectivity index (χ0v) is 10.9. The van der Waals surface area contributed by atoms with Crippen LogP contribution in [0.25, 0.3) is 0 Å². The summed E-state index contributed by atoms with van der Waals surface area (Å²) in [5.41, 5.74) is 6.25. The van der Waals surface area contributed by atoms with Gasteiger partial charge in [0.25, 0.3) is 0 Å². The second kappa shape index (κ2) is 4.01. The number of nitrogens with two attached hydrogens (primary N) is 1. The maximum atomic E-state index is 5.97. The normalized spacial score (nSPS) is 11.5. The Kier molecular flexibility index (Phi) is 3.34. The molecule has 5 heteroatoms. The largest absolute Gasteiger partial charge is 0.542 e. The lowest BCUT2D eigenvalue weighted by Crippen LogP contribution is -2.29. The molecule has 0 aliphatic rings. The van der Waals surface area contributed by atoms with Gasteiger partial charge in [-0.15, -0.1) is 0 Å². The second-order valence-corrected chi connectivity index (χ2v) is 9.29. The van der Waals surface area contributed by atoms with E-state index in [9.17, 15) is 0 Å². The first-order valence-electron chi connectivity index (χ1n) is 4.23. The molecular weight excluding hydrogens is 237 g/mol. The average Bonchev–Trinajstić information content (AvgIpc) is 1.95. The highest BCUT2D eigenvalue weighted by Crippen LogP contribution is 2.35. The number of anilines is 1. The highest BCUT2D eigenvalue weighted by molar-refractivity contribution is 6.70. The van der Waals surface area contributed by atoms with Crippen LogP contribution in [0.1, 0.15) is 0 Å². The van der Waals surface area contributed by atoms with E-state index >= 15 is 0 Å². The van der Waals surface area contributed by atoms with Gasteiger partial charge in [-0.25, -0.2) is 0 Å². The second-order valence-electron chi connectivity index (χ2n) is 4.02. The van der Waals surface area contributed by atoms with Gasteiger partial charge < -0.3 is 10.2 Å². The average molecular weight is 250 g/mol. The number of halogens is 2. The minimum absolute atomic E-state index is 0.470. The zero-order valence-electron chi connectivity index (χ0n) is 8.40. The lowest BCUT2D eigenvalue weighted by Gasteiger charge is -2.21. The van der Waals surface area contributed by atoms with Crippen molar-refractivity contribution in [1.82, 2.24) is 0 Å². The van der Waals surface area contributed by atoms with Crippen molar-refractivity contribution < 1.29 is 4.43 Å². The van der Waals surface area contributed by atoms with E-state index < -0.39 is 8.32 Å². The van der Waals surface area contributed by atoms with E-state index in [1.807, 2.05) is 0 Å². The molecular formula is C9H13Cl2NOSi. The molecule has 0 aromatic heterocycles. The molecule has 0 saturated heterocycles. The number of benzene rings is 1. The van der Waals surface area contributed by atoms with Crippen LogP contribution in [0.5, 0.6) is 5.75 Å². The Hall–Kier alpha value is -0.383. The maximum Gasteiger partial charge on any atom is 0.242 e. The van der Waals surface area contributed by atoms with Crippen LogP contribution in [0.15, 0.2) is 12.1 Å². The Bertz CT molecular complexity index is 326. The summed E-state index contributed by atoms with van der Waals surface area (Å²) >= 11 is 11.8. The molecule has 0 spiro atoms. The van der Waals surface area contributed by atoms with E-state index in [4.69, 9.17) is 33.4 Å². The monoisotopic (exact) mass is 249 g/mol. The summed E-state index contributed by atoms with van der Waals surface area (Å²) in [5, 5.41) is 0.993. The van der Waals surface area contributed by atoms with Gasteiger partial charge in [0.1, 0.15) is 5.75 Å². The van der Waals surface area contributed by atoms with Gasteiger partial charge in [0, 0.05) is 5.02 Å². The first kappa shape index (κ1) is 11.7. The summed E-state index contributed by atoms with van der Waals surface area (Å²) in [6.07, 6.45) is 0.